The fourth-order valence-corrected chi connectivity index (χ4v) is 4.39. The second-order valence-electron chi connectivity index (χ2n) is 8.64. The van der Waals surface area contributed by atoms with Gasteiger partial charge in [-0.2, -0.15) is 0 Å². The molecule has 5 N–H and O–H groups in total. The topological polar surface area (TPSA) is 168 Å². The predicted molar refractivity (Wildman–Crippen MR) is 121 cm³/mol. The molecule has 1 aliphatic carbocycles. The molecule has 2 unspecified atom stereocenters. The summed E-state index contributed by atoms with van der Waals surface area (Å²) in [6.07, 6.45) is 0.434. The maximum absolute atomic E-state index is 11.2. The maximum atomic E-state index is 11.2. The minimum atomic E-state index is -3.87. The minimum absolute atomic E-state index is 0.191. The van der Waals surface area contributed by atoms with E-state index >= 15 is 0 Å². The van der Waals surface area contributed by atoms with Crippen LogP contribution in [0.4, 0.5) is 5.82 Å². The van der Waals surface area contributed by atoms with Gasteiger partial charge in [0.05, 0.1) is 5.39 Å². The molecule has 2 aromatic rings. The summed E-state index contributed by atoms with van der Waals surface area (Å²) in [5.41, 5.74) is 0.424. The summed E-state index contributed by atoms with van der Waals surface area (Å²) < 4.78 is 23.0. The van der Waals surface area contributed by atoms with Crippen LogP contribution in [0.3, 0.4) is 0 Å². The van der Waals surface area contributed by atoms with Crippen molar-refractivity contribution >= 4 is 24.4 Å². The molecule has 0 radical (unpaired) electrons. The van der Waals surface area contributed by atoms with Gasteiger partial charge in [0.1, 0.15) is 42.5 Å². The highest BCUT2D eigenvalue weighted by Crippen LogP contribution is 2.38. The Morgan fingerprint density at radius 3 is 2.74 bits per heavy atom. The third-order valence-corrected chi connectivity index (χ3v) is 6.08. The molecule has 12 nitrogen and oxygen atoms in total. The Labute approximate surface area is 196 Å². The van der Waals surface area contributed by atoms with E-state index in [2.05, 4.69) is 31.8 Å². The van der Waals surface area contributed by atoms with Crippen LogP contribution in [0, 0.1) is 11.8 Å². The summed E-state index contributed by atoms with van der Waals surface area (Å²) >= 11 is 0. The van der Waals surface area contributed by atoms with Crippen molar-refractivity contribution in [2.45, 2.75) is 69.3 Å². The number of aromatic nitrogens is 3. The number of nitrogens with zero attached hydrogens (tertiary/aromatic N) is 3. The predicted octanol–water partition coefficient (Wildman–Crippen LogP) is 0.901. The van der Waals surface area contributed by atoms with Crippen molar-refractivity contribution in [1.29, 1.82) is 0 Å². The van der Waals surface area contributed by atoms with Crippen LogP contribution in [0.25, 0.3) is 11.0 Å². The molecule has 34 heavy (non-hydrogen) atoms. The molecule has 0 spiro atoms. The van der Waals surface area contributed by atoms with E-state index in [-0.39, 0.29) is 18.5 Å². The van der Waals surface area contributed by atoms with E-state index in [1.807, 2.05) is 0 Å². The van der Waals surface area contributed by atoms with Gasteiger partial charge in [-0.15, -0.1) is 4.67 Å². The van der Waals surface area contributed by atoms with Crippen molar-refractivity contribution in [3.05, 3.63) is 18.1 Å². The molecule has 0 aromatic carbocycles. The smallest absolute Gasteiger partial charge is 0.352 e. The highest BCUT2D eigenvalue weighted by molar-refractivity contribution is 7.51. The largest absolute Gasteiger partial charge is 0.387 e. The van der Waals surface area contributed by atoms with Crippen molar-refractivity contribution < 1.29 is 39.1 Å². The zero-order valence-corrected chi connectivity index (χ0v) is 19.8. The number of anilines is 1. The number of aliphatic hydroxyl groups excluding tert-OH is 3. The minimum Gasteiger partial charge on any atom is -0.387 e. The van der Waals surface area contributed by atoms with Gasteiger partial charge in [-0.25, -0.2) is 14.9 Å². The number of fused-ring (bicyclic) bond motifs is 1. The number of ether oxygens (including phenoxy) is 1. The first kappa shape index (κ1) is 25.0. The molecule has 6 atom stereocenters. The van der Waals surface area contributed by atoms with Crippen molar-refractivity contribution in [2.24, 2.45) is 0 Å². The summed E-state index contributed by atoms with van der Waals surface area (Å²) in [6.45, 7) is 2.12. The Morgan fingerprint density at radius 2 is 2.06 bits per heavy atom. The standard InChI is InChI=1S/C21H29N4O8P/c1-12(26)7-8-16-23-19(22-13-5-3-4-6-13)14-9-10-25(20(14)24-16)21-18(28)17(27)15(32-21)11-31-33-34(2,29)30/h9-10,12-13,15,17-18,21,26-28H,3-6,11H2,1-2H3,(H,29,30)(H,22,23,24)/t12?,15-,17-,18-,21-/m1/s1. The van der Waals surface area contributed by atoms with Gasteiger partial charge in [-0.05, 0) is 31.8 Å². The first-order valence-corrected chi connectivity index (χ1v) is 13.1. The van der Waals surface area contributed by atoms with Crippen molar-refractivity contribution in [1.82, 2.24) is 14.5 Å². The highest BCUT2D eigenvalue weighted by atomic mass is 31.2. The number of rotatable bonds is 7. The maximum Gasteiger partial charge on any atom is 0.352 e. The van der Waals surface area contributed by atoms with Crippen LogP contribution in [-0.2, 0) is 18.9 Å². The third kappa shape index (κ3) is 5.76. The summed E-state index contributed by atoms with van der Waals surface area (Å²) in [6, 6.07) is 2.06. The summed E-state index contributed by atoms with van der Waals surface area (Å²) in [4.78, 5) is 22.9. The Bertz CT molecular complexity index is 1120. The van der Waals surface area contributed by atoms with E-state index in [0.717, 1.165) is 32.3 Å². The summed E-state index contributed by atoms with van der Waals surface area (Å²) in [7, 11) is -3.87. The first-order chi connectivity index (χ1) is 16.1. The van der Waals surface area contributed by atoms with Gasteiger partial charge in [-0.3, -0.25) is 4.57 Å². The SMILES string of the molecule is CC(O)C#Cc1nc(NC2CCCC2)c2ccn([C@@H]3O[C@H](COOP(C)(=O)O)[C@@H](O)[C@H]3O)c2n1. The molecule has 186 valence electrons. The zero-order chi connectivity index (χ0) is 24.5. The van der Waals surface area contributed by atoms with E-state index in [1.54, 1.807) is 16.8 Å². The van der Waals surface area contributed by atoms with E-state index in [4.69, 9.17) is 14.5 Å². The van der Waals surface area contributed by atoms with E-state index in [1.165, 1.54) is 6.92 Å². The van der Waals surface area contributed by atoms with Gasteiger partial charge in [0.25, 0.3) is 0 Å². The van der Waals surface area contributed by atoms with Crippen LogP contribution in [0.1, 0.15) is 44.7 Å². The molecule has 2 aliphatic rings. The molecule has 0 bridgehead atoms. The summed E-state index contributed by atoms with van der Waals surface area (Å²) in [5.74, 6) is 6.18. The molecule has 3 heterocycles. The summed E-state index contributed by atoms with van der Waals surface area (Å²) in [5, 5.41) is 34.8. The fourth-order valence-electron chi connectivity index (χ4n) is 4.13. The molecule has 1 saturated carbocycles. The molecular weight excluding hydrogens is 467 g/mol. The number of aliphatic hydroxyl groups is 3. The number of hydrogen-bond donors (Lipinski definition) is 5. The molecule has 13 heteroatoms. The molecule has 2 aromatic heterocycles. The lowest BCUT2D eigenvalue weighted by Gasteiger charge is -2.18. The molecule has 1 aliphatic heterocycles. The van der Waals surface area contributed by atoms with Crippen LogP contribution < -0.4 is 5.32 Å². The van der Waals surface area contributed by atoms with Gasteiger partial charge in [0.15, 0.2) is 6.23 Å². The molecule has 0 amide bonds. The Hall–Kier alpha value is -2.07. The zero-order valence-electron chi connectivity index (χ0n) is 18.9. The van der Waals surface area contributed by atoms with Crippen LogP contribution in [0.2, 0.25) is 0 Å². The van der Waals surface area contributed by atoms with Crippen molar-refractivity contribution in [2.75, 3.05) is 18.6 Å². The van der Waals surface area contributed by atoms with Crippen LogP contribution in [-0.4, -0.2) is 78.5 Å². The lowest BCUT2D eigenvalue weighted by molar-refractivity contribution is -0.238. The van der Waals surface area contributed by atoms with Gasteiger partial charge in [-0.1, -0.05) is 18.8 Å². The third-order valence-electron chi connectivity index (χ3n) is 5.70. The molecule has 1 saturated heterocycles. The lowest BCUT2D eigenvalue weighted by Crippen LogP contribution is -2.33. The second-order valence-corrected chi connectivity index (χ2v) is 10.4. The van der Waals surface area contributed by atoms with Crippen molar-refractivity contribution in [3.63, 3.8) is 0 Å². The Balaban J connectivity index is 1.63. The monoisotopic (exact) mass is 496 g/mol. The average Bonchev–Trinajstić information content (AvgIpc) is 3.48. The first-order valence-electron chi connectivity index (χ1n) is 11.1. The Morgan fingerprint density at radius 1 is 1.32 bits per heavy atom. The Kier molecular flexibility index (Phi) is 7.57. The quantitative estimate of drug-likeness (QED) is 0.160. The van der Waals surface area contributed by atoms with E-state index in [9.17, 15) is 19.9 Å². The van der Waals surface area contributed by atoms with E-state index < -0.39 is 38.2 Å². The van der Waals surface area contributed by atoms with Gasteiger partial charge >= 0.3 is 7.60 Å². The normalized spacial score (nSPS) is 27.9. The number of nitrogens with one attached hydrogen (secondary N) is 1. The van der Waals surface area contributed by atoms with E-state index in [0.29, 0.717) is 16.9 Å². The fraction of sp³-hybridized carbons (Fsp3) is 0.619. The number of hydrogen-bond acceptors (Lipinski definition) is 10. The molecule has 2 fully saturated rings. The lowest BCUT2D eigenvalue weighted by atomic mass is 10.1. The average molecular weight is 496 g/mol. The van der Waals surface area contributed by atoms with Crippen LogP contribution >= 0.6 is 7.60 Å². The van der Waals surface area contributed by atoms with Crippen LogP contribution in [0.5, 0.6) is 0 Å². The second kappa shape index (κ2) is 10.3. The highest BCUT2D eigenvalue weighted by Gasteiger charge is 2.44. The van der Waals surface area contributed by atoms with Crippen LogP contribution in [0.15, 0.2) is 12.3 Å². The molecule has 4 rings (SSSR count). The molecular formula is C21H29N4O8P. The van der Waals surface area contributed by atoms with Crippen molar-refractivity contribution in [3.8, 4) is 11.8 Å². The van der Waals surface area contributed by atoms with Gasteiger partial charge < -0.3 is 34.8 Å². The van der Waals surface area contributed by atoms with Gasteiger partial charge in [0, 0.05) is 18.9 Å². The van der Waals surface area contributed by atoms with Gasteiger partial charge in [0.2, 0.25) is 5.82 Å².